The second kappa shape index (κ2) is 8.40. The van der Waals surface area contributed by atoms with Crippen molar-refractivity contribution >= 4 is 11.9 Å². The van der Waals surface area contributed by atoms with Crippen LogP contribution in [0.3, 0.4) is 0 Å². The normalized spacial score (nSPS) is 22.2. The van der Waals surface area contributed by atoms with Crippen LogP contribution in [0.4, 0.5) is 4.39 Å². The first kappa shape index (κ1) is 19.6. The molecule has 0 bridgehead atoms. The third-order valence-corrected chi connectivity index (χ3v) is 3.93. The average Bonchev–Trinajstić information content (AvgIpc) is 2.55. The van der Waals surface area contributed by atoms with E-state index >= 15 is 0 Å². The number of halogens is 1. The molecule has 0 heterocycles. The third kappa shape index (κ3) is 3.89. The van der Waals surface area contributed by atoms with E-state index in [1.807, 2.05) is 6.92 Å². The van der Waals surface area contributed by atoms with Crippen LogP contribution in [0.25, 0.3) is 0 Å². The Morgan fingerprint density at radius 1 is 1.21 bits per heavy atom. The molecule has 0 amide bonds. The molecule has 5 nitrogen and oxygen atoms in total. The Morgan fingerprint density at radius 3 is 2.17 bits per heavy atom. The van der Waals surface area contributed by atoms with Gasteiger partial charge < -0.3 is 15.3 Å². The average molecular weight is 336 g/mol. The van der Waals surface area contributed by atoms with Crippen LogP contribution in [0.1, 0.15) is 25.8 Å². The fraction of sp³-hybridized carbons (Fsp3) is 0.333. The number of hydrogen-bond donors (Lipinski definition) is 3. The first-order valence-electron chi connectivity index (χ1n) is 7.54. The standard InChI is InChI=1S/C15H13FO4.C3H8O/c1-9-12(13(17)18)3-2-8-15(9,14(19)20)10-4-6-11(16)7-5-10;1-2-3-4/h2-9H,1H3,(H,17,18)(H,19,20);4H,2-3H2,1H3. The number of carbonyl (C=O) groups is 2. The predicted octanol–water partition coefficient (Wildman–Crippen LogP) is 2.75. The molecule has 0 radical (unpaired) electrons. The van der Waals surface area contributed by atoms with E-state index in [-0.39, 0.29) is 5.57 Å². The molecule has 2 atom stereocenters. The zero-order valence-electron chi connectivity index (χ0n) is 13.6. The van der Waals surface area contributed by atoms with Gasteiger partial charge in [0.05, 0.1) is 0 Å². The van der Waals surface area contributed by atoms with Crippen molar-refractivity contribution in [2.24, 2.45) is 5.92 Å². The Kier molecular flexibility index (Phi) is 6.85. The van der Waals surface area contributed by atoms with Crippen LogP contribution in [0.5, 0.6) is 0 Å². The molecule has 130 valence electrons. The number of aliphatic carboxylic acids is 2. The molecule has 1 aliphatic rings. The maximum absolute atomic E-state index is 13.0. The van der Waals surface area contributed by atoms with Crippen LogP contribution in [0.15, 0.2) is 48.1 Å². The van der Waals surface area contributed by atoms with Gasteiger partial charge in [0.2, 0.25) is 0 Å². The van der Waals surface area contributed by atoms with E-state index in [0.29, 0.717) is 12.2 Å². The molecule has 0 saturated heterocycles. The van der Waals surface area contributed by atoms with Crippen LogP contribution in [0.2, 0.25) is 0 Å². The van der Waals surface area contributed by atoms with Gasteiger partial charge in [-0.2, -0.15) is 0 Å². The minimum absolute atomic E-state index is 0.0132. The highest BCUT2D eigenvalue weighted by molar-refractivity contribution is 5.93. The Bertz CT molecular complexity index is 646. The fourth-order valence-electron chi connectivity index (χ4n) is 2.55. The number of benzene rings is 1. The van der Waals surface area contributed by atoms with E-state index in [1.165, 1.54) is 42.5 Å². The molecule has 0 aliphatic heterocycles. The monoisotopic (exact) mass is 336 g/mol. The molecule has 2 unspecified atom stereocenters. The molecule has 0 aromatic heterocycles. The van der Waals surface area contributed by atoms with Gasteiger partial charge in [0.25, 0.3) is 0 Å². The summed E-state index contributed by atoms with van der Waals surface area (Å²) < 4.78 is 13.0. The lowest BCUT2D eigenvalue weighted by Gasteiger charge is -2.35. The summed E-state index contributed by atoms with van der Waals surface area (Å²) in [6, 6.07) is 5.07. The zero-order chi connectivity index (χ0) is 18.3. The van der Waals surface area contributed by atoms with Crippen LogP contribution in [-0.2, 0) is 15.0 Å². The van der Waals surface area contributed by atoms with Crippen LogP contribution >= 0.6 is 0 Å². The highest BCUT2D eigenvalue weighted by Gasteiger charge is 2.47. The molecule has 2 rings (SSSR count). The lowest BCUT2D eigenvalue weighted by atomic mass is 9.66. The summed E-state index contributed by atoms with van der Waals surface area (Å²) in [6.45, 7) is 3.79. The molecule has 6 heteroatoms. The van der Waals surface area contributed by atoms with Gasteiger partial charge in [0.1, 0.15) is 11.2 Å². The van der Waals surface area contributed by atoms with Gasteiger partial charge in [-0.25, -0.2) is 9.18 Å². The zero-order valence-corrected chi connectivity index (χ0v) is 13.6. The summed E-state index contributed by atoms with van der Waals surface area (Å²) in [4.78, 5) is 23.0. The number of carboxylic acids is 2. The summed E-state index contributed by atoms with van der Waals surface area (Å²) in [6.07, 6.45) is 5.12. The van der Waals surface area contributed by atoms with Gasteiger partial charge in [0, 0.05) is 18.1 Å². The maximum atomic E-state index is 13.0. The predicted molar refractivity (Wildman–Crippen MR) is 87.1 cm³/mol. The van der Waals surface area contributed by atoms with Crippen molar-refractivity contribution in [3.8, 4) is 0 Å². The van der Waals surface area contributed by atoms with Crippen LogP contribution in [0, 0.1) is 11.7 Å². The number of carboxylic acid groups (broad SMARTS) is 2. The van der Waals surface area contributed by atoms with Gasteiger partial charge >= 0.3 is 11.9 Å². The topological polar surface area (TPSA) is 94.8 Å². The third-order valence-electron chi connectivity index (χ3n) is 3.93. The van der Waals surface area contributed by atoms with E-state index in [4.69, 9.17) is 10.2 Å². The molecule has 0 saturated carbocycles. The number of hydrogen-bond acceptors (Lipinski definition) is 3. The van der Waals surface area contributed by atoms with Crippen molar-refractivity contribution < 1.29 is 29.3 Å². The molecule has 3 N–H and O–H groups in total. The van der Waals surface area contributed by atoms with E-state index in [0.717, 1.165) is 6.42 Å². The molecule has 1 aliphatic carbocycles. The van der Waals surface area contributed by atoms with Gasteiger partial charge in [-0.15, -0.1) is 0 Å². The van der Waals surface area contributed by atoms with Crippen molar-refractivity contribution in [1.82, 2.24) is 0 Å². The van der Waals surface area contributed by atoms with Crippen molar-refractivity contribution in [3.63, 3.8) is 0 Å². The first-order valence-corrected chi connectivity index (χ1v) is 7.54. The number of aliphatic hydroxyl groups is 1. The van der Waals surface area contributed by atoms with Crippen molar-refractivity contribution in [1.29, 1.82) is 0 Å². The summed E-state index contributed by atoms with van der Waals surface area (Å²) >= 11 is 0. The van der Waals surface area contributed by atoms with Crippen LogP contribution < -0.4 is 0 Å². The summed E-state index contributed by atoms with van der Waals surface area (Å²) in [5.74, 6) is -3.57. The highest BCUT2D eigenvalue weighted by atomic mass is 19.1. The lowest BCUT2D eigenvalue weighted by Crippen LogP contribution is -2.43. The highest BCUT2D eigenvalue weighted by Crippen LogP contribution is 2.41. The van der Waals surface area contributed by atoms with Crippen molar-refractivity contribution in [2.75, 3.05) is 6.61 Å². The molecular weight excluding hydrogens is 315 g/mol. The lowest BCUT2D eigenvalue weighted by molar-refractivity contribution is -0.143. The van der Waals surface area contributed by atoms with Gasteiger partial charge in [0.15, 0.2) is 0 Å². The smallest absolute Gasteiger partial charge is 0.331 e. The van der Waals surface area contributed by atoms with E-state index < -0.39 is 29.1 Å². The van der Waals surface area contributed by atoms with Gasteiger partial charge in [-0.1, -0.05) is 44.2 Å². The minimum Gasteiger partial charge on any atom is -0.480 e. The second-order valence-electron chi connectivity index (χ2n) is 5.41. The maximum Gasteiger partial charge on any atom is 0.331 e. The molecular formula is C18H21FO5. The SMILES string of the molecule is CC1C(C(=O)O)=CC=CC1(C(=O)O)c1ccc(F)cc1.CCCO. The molecule has 0 fully saturated rings. The fourth-order valence-corrected chi connectivity index (χ4v) is 2.55. The molecule has 1 aromatic carbocycles. The van der Waals surface area contributed by atoms with Crippen molar-refractivity contribution in [2.45, 2.75) is 25.7 Å². The Balaban J connectivity index is 0.000000648. The second-order valence-corrected chi connectivity index (χ2v) is 5.41. The molecule has 24 heavy (non-hydrogen) atoms. The first-order chi connectivity index (χ1) is 11.3. The molecule has 1 aromatic rings. The largest absolute Gasteiger partial charge is 0.480 e. The van der Waals surface area contributed by atoms with E-state index in [1.54, 1.807) is 6.92 Å². The van der Waals surface area contributed by atoms with Crippen molar-refractivity contribution in [3.05, 3.63) is 59.4 Å². The minimum atomic E-state index is -1.50. The van der Waals surface area contributed by atoms with E-state index in [9.17, 15) is 19.1 Å². The number of allylic oxidation sites excluding steroid dienone is 2. The van der Waals surface area contributed by atoms with Crippen LogP contribution in [-0.4, -0.2) is 33.9 Å². The summed E-state index contributed by atoms with van der Waals surface area (Å²) in [5.41, 5.74) is -1.14. The Morgan fingerprint density at radius 2 is 1.75 bits per heavy atom. The summed E-state index contributed by atoms with van der Waals surface area (Å²) in [7, 11) is 0. The van der Waals surface area contributed by atoms with Gasteiger partial charge in [-0.05, 0) is 24.1 Å². The quantitative estimate of drug-likeness (QED) is 0.786. The van der Waals surface area contributed by atoms with Gasteiger partial charge in [-0.3, -0.25) is 4.79 Å². The Labute approximate surface area is 139 Å². The van der Waals surface area contributed by atoms with E-state index in [2.05, 4.69) is 0 Å². The number of rotatable bonds is 4. The Hall–Kier alpha value is -2.47. The summed E-state index contributed by atoms with van der Waals surface area (Å²) in [5, 5.41) is 26.6. The molecule has 0 spiro atoms. The number of aliphatic hydroxyl groups excluding tert-OH is 1.